The Kier molecular flexibility index (Phi) is 6.27. The summed E-state index contributed by atoms with van der Waals surface area (Å²) in [7, 11) is 1.69. The van der Waals surface area contributed by atoms with E-state index in [0.717, 1.165) is 38.1 Å². The molecule has 0 radical (unpaired) electrons. The van der Waals surface area contributed by atoms with E-state index in [9.17, 15) is 0 Å². The fourth-order valence-corrected chi connectivity index (χ4v) is 4.34. The Morgan fingerprint density at radius 3 is 2.55 bits per heavy atom. The lowest BCUT2D eigenvalue weighted by molar-refractivity contribution is 0.411. The van der Waals surface area contributed by atoms with Crippen LogP contribution in [0.15, 0.2) is 82.7 Å². The molecule has 0 bridgehead atoms. The molecule has 4 rings (SSSR count). The minimum absolute atomic E-state index is 0.698. The van der Waals surface area contributed by atoms with Gasteiger partial charge in [-0.15, -0.1) is 10.2 Å². The van der Waals surface area contributed by atoms with E-state index in [1.165, 1.54) is 5.56 Å². The van der Waals surface area contributed by atoms with Crippen LogP contribution >= 0.6 is 27.7 Å². The molecular weight excluding hydrogens is 448 g/mol. The summed E-state index contributed by atoms with van der Waals surface area (Å²) in [4.78, 5) is 4.11. The van der Waals surface area contributed by atoms with Crippen molar-refractivity contribution < 1.29 is 4.74 Å². The number of aromatic nitrogens is 4. The molecule has 0 atom stereocenters. The molecule has 0 fully saturated rings. The standard InChI is InChI=1S/C22H19BrN4OS/c1-28-20-8-7-19(23)13-18(20)15-29-22-26-25-21(17-9-11-24-12-10-17)27(22)14-16-5-3-2-4-6-16/h2-13H,14-15H2,1H3. The van der Waals surface area contributed by atoms with Gasteiger partial charge in [-0.3, -0.25) is 9.55 Å². The number of thioether (sulfide) groups is 1. The summed E-state index contributed by atoms with van der Waals surface area (Å²) in [5.74, 6) is 2.43. The normalized spacial score (nSPS) is 10.8. The second-order valence-electron chi connectivity index (χ2n) is 6.36. The lowest BCUT2D eigenvalue weighted by atomic mass is 10.2. The van der Waals surface area contributed by atoms with E-state index in [-0.39, 0.29) is 0 Å². The van der Waals surface area contributed by atoms with Crippen LogP contribution in [-0.2, 0) is 12.3 Å². The average molecular weight is 467 g/mol. The summed E-state index contributed by atoms with van der Waals surface area (Å²) in [6.45, 7) is 0.698. The third-order valence-electron chi connectivity index (χ3n) is 4.44. The maximum atomic E-state index is 5.51. The molecule has 0 saturated heterocycles. The van der Waals surface area contributed by atoms with Crippen LogP contribution in [0.5, 0.6) is 5.75 Å². The summed E-state index contributed by atoms with van der Waals surface area (Å²) in [5, 5.41) is 9.83. The van der Waals surface area contributed by atoms with Gasteiger partial charge >= 0.3 is 0 Å². The predicted octanol–water partition coefficient (Wildman–Crippen LogP) is 5.45. The summed E-state index contributed by atoms with van der Waals surface area (Å²) >= 11 is 5.19. The van der Waals surface area contributed by atoms with Gasteiger partial charge in [-0.2, -0.15) is 0 Å². The maximum absolute atomic E-state index is 5.51. The first-order valence-corrected chi connectivity index (χ1v) is 10.8. The molecule has 2 heterocycles. The molecule has 7 heteroatoms. The number of hydrogen-bond acceptors (Lipinski definition) is 5. The van der Waals surface area contributed by atoms with Gasteiger partial charge in [0.1, 0.15) is 5.75 Å². The fraction of sp³-hybridized carbons (Fsp3) is 0.136. The molecule has 4 aromatic rings. The van der Waals surface area contributed by atoms with E-state index < -0.39 is 0 Å². The fourth-order valence-electron chi connectivity index (χ4n) is 3.02. The highest BCUT2D eigenvalue weighted by Gasteiger charge is 2.16. The number of rotatable bonds is 7. The van der Waals surface area contributed by atoms with Crippen LogP contribution in [0.4, 0.5) is 0 Å². The van der Waals surface area contributed by atoms with Crippen molar-refractivity contribution in [2.75, 3.05) is 7.11 Å². The number of hydrogen-bond donors (Lipinski definition) is 0. The van der Waals surface area contributed by atoms with Crippen LogP contribution in [0.3, 0.4) is 0 Å². The van der Waals surface area contributed by atoms with Crippen LogP contribution in [0.1, 0.15) is 11.1 Å². The Morgan fingerprint density at radius 1 is 1.00 bits per heavy atom. The number of halogens is 1. The predicted molar refractivity (Wildman–Crippen MR) is 119 cm³/mol. The van der Waals surface area contributed by atoms with Gasteiger partial charge in [-0.05, 0) is 35.9 Å². The Balaban J connectivity index is 1.66. The zero-order valence-electron chi connectivity index (χ0n) is 15.8. The van der Waals surface area contributed by atoms with Gasteiger partial charge < -0.3 is 4.74 Å². The van der Waals surface area contributed by atoms with Gasteiger partial charge in [0.05, 0.1) is 13.7 Å². The first kappa shape index (κ1) is 19.7. The molecule has 0 amide bonds. The quantitative estimate of drug-likeness (QED) is 0.338. The Bertz CT molecular complexity index is 1090. The van der Waals surface area contributed by atoms with Crippen molar-refractivity contribution in [2.45, 2.75) is 17.5 Å². The van der Waals surface area contributed by atoms with Crippen LogP contribution < -0.4 is 4.74 Å². The minimum Gasteiger partial charge on any atom is -0.496 e. The Labute approximate surface area is 182 Å². The average Bonchev–Trinajstić information content (AvgIpc) is 3.16. The van der Waals surface area contributed by atoms with Gasteiger partial charge in [-0.25, -0.2) is 0 Å². The van der Waals surface area contributed by atoms with Crippen molar-refractivity contribution >= 4 is 27.7 Å². The second kappa shape index (κ2) is 9.24. The molecular formula is C22H19BrN4OS. The highest BCUT2D eigenvalue weighted by molar-refractivity contribution is 9.10. The molecule has 0 N–H and O–H groups in total. The summed E-state index contributed by atoms with van der Waals surface area (Å²) < 4.78 is 8.68. The number of methoxy groups -OCH3 is 1. The molecule has 0 aliphatic heterocycles. The van der Waals surface area contributed by atoms with E-state index in [1.807, 2.05) is 42.5 Å². The molecule has 0 spiro atoms. The lowest BCUT2D eigenvalue weighted by Gasteiger charge is -2.12. The largest absolute Gasteiger partial charge is 0.496 e. The maximum Gasteiger partial charge on any atom is 0.192 e. The SMILES string of the molecule is COc1ccc(Br)cc1CSc1nnc(-c2ccncc2)n1Cc1ccccc1. The lowest BCUT2D eigenvalue weighted by Crippen LogP contribution is -2.04. The topological polar surface area (TPSA) is 52.8 Å². The number of benzene rings is 2. The van der Waals surface area contributed by atoms with Crippen molar-refractivity contribution in [2.24, 2.45) is 0 Å². The summed E-state index contributed by atoms with van der Waals surface area (Å²) in [5.41, 5.74) is 3.30. The van der Waals surface area contributed by atoms with Crippen molar-refractivity contribution in [3.63, 3.8) is 0 Å². The molecule has 0 unspecified atom stereocenters. The third-order valence-corrected chi connectivity index (χ3v) is 5.95. The summed E-state index contributed by atoms with van der Waals surface area (Å²) in [6.07, 6.45) is 3.55. The number of ether oxygens (including phenoxy) is 1. The second-order valence-corrected chi connectivity index (χ2v) is 8.22. The van der Waals surface area contributed by atoms with Crippen molar-refractivity contribution in [3.05, 3.63) is 88.7 Å². The van der Waals surface area contributed by atoms with Gasteiger partial charge in [0.2, 0.25) is 0 Å². The van der Waals surface area contributed by atoms with Gasteiger partial charge in [-0.1, -0.05) is 58.0 Å². The van der Waals surface area contributed by atoms with E-state index in [0.29, 0.717) is 6.54 Å². The molecule has 0 aliphatic carbocycles. The molecule has 2 aromatic carbocycles. The van der Waals surface area contributed by atoms with Crippen LogP contribution in [0, 0.1) is 0 Å². The molecule has 5 nitrogen and oxygen atoms in total. The van der Waals surface area contributed by atoms with E-state index in [4.69, 9.17) is 4.74 Å². The summed E-state index contributed by atoms with van der Waals surface area (Å²) in [6, 6.07) is 20.3. The highest BCUT2D eigenvalue weighted by Crippen LogP contribution is 2.31. The first-order chi connectivity index (χ1) is 14.2. The molecule has 0 saturated carbocycles. The zero-order chi connectivity index (χ0) is 20.1. The molecule has 2 aromatic heterocycles. The third kappa shape index (κ3) is 4.68. The van der Waals surface area contributed by atoms with Crippen molar-refractivity contribution in [1.82, 2.24) is 19.7 Å². The number of pyridine rings is 1. The Morgan fingerprint density at radius 2 is 1.79 bits per heavy atom. The van der Waals surface area contributed by atoms with E-state index in [2.05, 4.69) is 53.9 Å². The van der Waals surface area contributed by atoms with Crippen molar-refractivity contribution in [3.8, 4) is 17.1 Å². The van der Waals surface area contributed by atoms with Crippen LogP contribution in [-0.4, -0.2) is 26.9 Å². The van der Waals surface area contributed by atoms with Crippen molar-refractivity contribution in [1.29, 1.82) is 0 Å². The van der Waals surface area contributed by atoms with Crippen LogP contribution in [0.2, 0.25) is 0 Å². The molecule has 29 heavy (non-hydrogen) atoms. The van der Waals surface area contributed by atoms with Gasteiger partial charge in [0, 0.05) is 33.7 Å². The van der Waals surface area contributed by atoms with Crippen LogP contribution in [0.25, 0.3) is 11.4 Å². The first-order valence-electron chi connectivity index (χ1n) is 9.07. The van der Waals surface area contributed by atoms with E-state index >= 15 is 0 Å². The highest BCUT2D eigenvalue weighted by atomic mass is 79.9. The Hall–Kier alpha value is -2.64. The smallest absolute Gasteiger partial charge is 0.192 e. The van der Waals surface area contributed by atoms with Gasteiger partial charge in [0.15, 0.2) is 11.0 Å². The minimum atomic E-state index is 0.698. The van der Waals surface area contributed by atoms with Gasteiger partial charge in [0.25, 0.3) is 0 Å². The molecule has 146 valence electrons. The monoisotopic (exact) mass is 466 g/mol. The number of nitrogens with zero attached hydrogens (tertiary/aromatic N) is 4. The molecule has 0 aliphatic rings. The van der Waals surface area contributed by atoms with E-state index in [1.54, 1.807) is 31.3 Å². The zero-order valence-corrected chi connectivity index (χ0v) is 18.2.